The molecular formula is C14H20O2. The average molecular weight is 220 g/mol. The lowest BCUT2D eigenvalue weighted by Crippen LogP contribution is -2.20. The topological polar surface area (TPSA) is 29.5 Å². The summed E-state index contributed by atoms with van der Waals surface area (Å²) in [6.45, 7) is 6.64. The van der Waals surface area contributed by atoms with Crippen molar-refractivity contribution >= 4 is 0 Å². The highest BCUT2D eigenvalue weighted by molar-refractivity contribution is 5.50. The smallest absolute Gasteiger partial charge is 0.125 e. The highest BCUT2D eigenvalue weighted by Crippen LogP contribution is 2.65. The van der Waals surface area contributed by atoms with Crippen molar-refractivity contribution in [3.8, 4) is 5.75 Å². The van der Waals surface area contributed by atoms with Gasteiger partial charge in [0.1, 0.15) is 5.75 Å². The Morgan fingerprint density at radius 3 is 2.44 bits per heavy atom. The molecule has 1 aromatic rings. The van der Waals surface area contributed by atoms with E-state index in [1.165, 1.54) is 0 Å². The normalized spacial score (nSPS) is 26.6. The SMILES string of the molecule is COc1c(C)cccc1C1(CO)CC1(C)C. The van der Waals surface area contributed by atoms with Gasteiger partial charge in [0.15, 0.2) is 0 Å². The van der Waals surface area contributed by atoms with Crippen LogP contribution >= 0.6 is 0 Å². The molecule has 1 atom stereocenters. The van der Waals surface area contributed by atoms with Gasteiger partial charge in [0.2, 0.25) is 0 Å². The van der Waals surface area contributed by atoms with Gasteiger partial charge in [-0.25, -0.2) is 0 Å². The van der Waals surface area contributed by atoms with E-state index in [0.29, 0.717) is 0 Å². The maximum Gasteiger partial charge on any atom is 0.125 e. The van der Waals surface area contributed by atoms with Crippen molar-refractivity contribution in [2.75, 3.05) is 13.7 Å². The first-order chi connectivity index (χ1) is 7.48. The van der Waals surface area contributed by atoms with Crippen LogP contribution in [0.15, 0.2) is 18.2 Å². The van der Waals surface area contributed by atoms with Gasteiger partial charge in [-0.3, -0.25) is 0 Å². The molecule has 2 nitrogen and oxygen atoms in total. The van der Waals surface area contributed by atoms with Gasteiger partial charge in [-0.05, 0) is 24.3 Å². The lowest BCUT2D eigenvalue weighted by molar-refractivity contribution is 0.227. The van der Waals surface area contributed by atoms with Crippen LogP contribution in [-0.2, 0) is 5.41 Å². The van der Waals surface area contributed by atoms with Crippen molar-refractivity contribution < 1.29 is 9.84 Å². The van der Waals surface area contributed by atoms with Crippen LogP contribution in [0, 0.1) is 12.3 Å². The molecule has 0 spiro atoms. The van der Waals surface area contributed by atoms with Crippen molar-refractivity contribution in [3.63, 3.8) is 0 Å². The van der Waals surface area contributed by atoms with Crippen LogP contribution in [0.2, 0.25) is 0 Å². The van der Waals surface area contributed by atoms with Crippen LogP contribution < -0.4 is 4.74 Å². The minimum Gasteiger partial charge on any atom is -0.496 e. The first kappa shape index (κ1) is 11.5. The molecule has 1 aliphatic rings. The van der Waals surface area contributed by atoms with Crippen molar-refractivity contribution in [3.05, 3.63) is 29.3 Å². The molecule has 1 N–H and O–H groups in total. The number of para-hydroxylation sites is 1. The van der Waals surface area contributed by atoms with Crippen LogP contribution in [-0.4, -0.2) is 18.8 Å². The molecule has 0 amide bonds. The number of methoxy groups -OCH3 is 1. The Morgan fingerprint density at radius 1 is 1.38 bits per heavy atom. The number of hydrogen-bond acceptors (Lipinski definition) is 2. The largest absolute Gasteiger partial charge is 0.496 e. The molecule has 0 aromatic heterocycles. The summed E-state index contributed by atoms with van der Waals surface area (Å²) in [6.07, 6.45) is 1.02. The average Bonchev–Trinajstić information content (AvgIpc) is 2.82. The summed E-state index contributed by atoms with van der Waals surface area (Å²) in [5.74, 6) is 0.933. The Kier molecular flexibility index (Phi) is 2.50. The Balaban J connectivity index is 2.53. The molecule has 0 radical (unpaired) electrons. The molecule has 0 heterocycles. The fraction of sp³-hybridized carbons (Fsp3) is 0.571. The molecule has 1 aliphatic carbocycles. The zero-order valence-corrected chi connectivity index (χ0v) is 10.5. The number of hydrogen-bond donors (Lipinski definition) is 1. The number of aryl methyl sites for hydroxylation is 1. The van der Waals surface area contributed by atoms with Gasteiger partial charge in [-0.15, -0.1) is 0 Å². The van der Waals surface area contributed by atoms with Crippen LogP contribution in [0.3, 0.4) is 0 Å². The fourth-order valence-corrected chi connectivity index (χ4v) is 2.83. The zero-order chi connectivity index (χ0) is 12.0. The predicted molar refractivity (Wildman–Crippen MR) is 64.9 cm³/mol. The lowest BCUT2D eigenvalue weighted by atomic mass is 9.87. The van der Waals surface area contributed by atoms with E-state index in [4.69, 9.17) is 4.74 Å². The molecule has 2 rings (SSSR count). The third kappa shape index (κ3) is 1.36. The van der Waals surface area contributed by atoms with Gasteiger partial charge in [0.05, 0.1) is 13.7 Å². The van der Waals surface area contributed by atoms with Crippen molar-refractivity contribution in [2.45, 2.75) is 32.6 Å². The van der Waals surface area contributed by atoms with Crippen LogP contribution in [0.25, 0.3) is 0 Å². The summed E-state index contributed by atoms with van der Waals surface area (Å²) in [5.41, 5.74) is 2.35. The fourth-order valence-electron chi connectivity index (χ4n) is 2.83. The third-order valence-corrected chi connectivity index (χ3v) is 4.12. The molecule has 0 aliphatic heterocycles. The van der Waals surface area contributed by atoms with E-state index in [9.17, 15) is 5.11 Å². The molecule has 1 aromatic carbocycles. The van der Waals surface area contributed by atoms with E-state index < -0.39 is 0 Å². The van der Waals surface area contributed by atoms with Gasteiger partial charge in [0, 0.05) is 11.0 Å². The maximum atomic E-state index is 9.70. The summed E-state index contributed by atoms with van der Waals surface area (Å²) in [7, 11) is 1.70. The minimum atomic E-state index is -0.107. The number of aliphatic hydroxyl groups is 1. The minimum absolute atomic E-state index is 0.107. The first-order valence-corrected chi connectivity index (χ1v) is 5.73. The summed E-state index contributed by atoms with van der Waals surface area (Å²) in [6, 6.07) is 6.17. The highest BCUT2D eigenvalue weighted by Gasteiger charge is 2.62. The zero-order valence-electron chi connectivity index (χ0n) is 10.5. The molecule has 1 saturated carbocycles. The molecule has 1 unspecified atom stereocenters. The Labute approximate surface area is 97.3 Å². The maximum absolute atomic E-state index is 9.70. The summed E-state index contributed by atoms with van der Waals surface area (Å²) in [5, 5.41) is 9.70. The van der Waals surface area contributed by atoms with E-state index >= 15 is 0 Å². The molecular weight excluding hydrogens is 200 g/mol. The molecule has 0 saturated heterocycles. The van der Waals surface area contributed by atoms with E-state index in [1.54, 1.807) is 7.11 Å². The molecule has 0 bridgehead atoms. The Bertz CT molecular complexity index is 409. The van der Waals surface area contributed by atoms with E-state index in [2.05, 4.69) is 19.9 Å². The Morgan fingerprint density at radius 2 is 2.00 bits per heavy atom. The lowest BCUT2D eigenvalue weighted by Gasteiger charge is -2.22. The van der Waals surface area contributed by atoms with Gasteiger partial charge in [0.25, 0.3) is 0 Å². The highest BCUT2D eigenvalue weighted by atomic mass is 16.5. The first-order valence-electron chi connectivity index (χ1n) is 5.73. The second-order valence-corrected chi connectivity index (χ2v) is 5.46. The number of rotatable bonds is 3. The van der Waals surface area contributed by atoms with Crippen LogP contribution in [0.4, 0.5) is 0 Å². The quantitative estimate of drug-likeness (QED) is 0.848. The van der Waals surface area contributed by atoms with Gasteiger partial charge < -0.3 is 9.84 Å². The third-order valence-electron chi connectivity index (χ3n) is 4.12. The molecule has 1 fully saturated rings. The van der Waals surface area contributed by atoms with Crippen molar-refractivity contribution in [1.29, 1.82) is 0 Å². The summed E-state index contributed by atoms with van der Waals surface area (Å²) >= 11 is 0. The monoisotopic (exact) mass is 220 g/mol. The standard InChI is InChI=1S/C14H20O2/c1-10-6-5-7-11(12(10)16-4)14(9-15)8-13(14,2)3/h5-7,15H,8-9H2,1-4H3. The second-order valence-electron chi connectivity index (χ2n) is 5.46. The van der Waals surface area contributed by atoms with Crippen molar-refractivity contribution in [1.82, 2.24) is 0 Å². The van der Waals surface area contributed by atoms with Gasteiger partial charge >= 0.3 is 0 Å². The molecule has 88 valence electrons. The molecule has 2 heteroatoms. The summed E-state index contributed by atoms with van der Waals surface area (Å²) < 4.78 is 5.49. The van der Waals surface area contributed by atoms with E-state index in [1.807, 2.05) is 19.1 Å². The van der Waals surface area contributed by atoms with Gasteiger partial charge in [-0.2, -0.15) is 0 Å². The predicted octanol–water partition coefficient (Wildman–Crippen LogP) is 2.66. The number of benzene rings is 1. The van der Waals surface area contributed by atoms with E-state index in [-0.39, 0.29) is 17.4 Å². The van der Waals surface area contributed by atoms with E-state index in [0.717, 1.165) is 23.3 Å². The van der Waals surface area contributed by atoms with Gasteiger partial charge in [-0.1, -0.05) is 32.0 Å². The number of aliphatic hydroxyl groups excluding tert-OH is 1. The van der Waals surface area contributed by atoms with Crippen LogP contribution in [0.5, 0.6) is 5.75 Å². The molecule has 16 heavy (non-hydrogen) atoms. The van der Waals surface area contributed by atoms with Crippen LogP contribution in [0.1, 0.15) is 31.4 Å². The number of ether oxygens (including phenoxy) is 1. The van der Waals surface area contributed by atoms with Crippen molar-refractivity contribution in [2.24, 2.45) is 5.41 Å². The second kappa shape index (κ2) is 3.49. The summed E-state index contributed by atoms with van der Waals surface area (Å²) in [4.78, 5) is 0. The Hall–Kier alpha value is -1.02.